The van der Waals surface area contributed by atoms with Gasteiger partial charge in [-0.15, -0.1) is 0 Å². The highest BCUT2D eigenvalue weighted by molar-refractivity contribution is 7.89. The Morgan fingerprint density at radius 1 is 1.11 bits per heavy atom. The number of nitrogens with zero attached hydrogens (tertiary/aromatic N) is 7. The highest BCUT2D eigenvalue weighted by Gasteiger charge is 2.42. The molecule has 37 heavy (non-hydrogen) atoms. The zero-order valence-corrected chi connectivity index (χ0v) is 22.4. The van der Waals surface area contributed by atoms with Crippen LogP contribution in [0.25, 0.3) is 0 Å². The maximum absolute atomic E-state index is 14.0. The van der Waals surface area contributed by atoms with Gasteiger partial charge in [0.2, 0.25) is 0 Å². The summed E-state index contributed by atoms with van der Waals surface area (Å²) in [6.45, 7) is 0.857. The highest BCUT2D eigenvalue weighted by Crippen LogP contribution is 2.36. The molecule has 0 aliphatic heterocycles. The van der Waals surface area contributed by atoms with Crippen LogP contribution < -0.4 is 4.90 Å². The summed E-state index contributed by atoms with van der Waals surface area (Å²) in [5.74, 6) is 0. The van der Waals surface area contributed by atoms with Gasteiger partial charge >= 0.3 is 0 Å². The molecule has 2 atom stereocenters. The fourth-order valence-electron chi connectivity index (χ4n) is 5.04. The molecule has 11 heteroatoms. The van der Waals surface area contributed by atoms with E-state index in [0.29, 0.717) is 12.1 Å². The topological polar surface area (TPSA) is 100 Å². The number of sulfonamides is 1. The van der Waals surface area contributed by atoms with E-state index in [4.69, 9.17) is 0 Å². The van der Waals surface area contributed by atoms with Gasteiger partial charge in [-0.25, -0.2) is 18.4 Å². The van der Waals surface area contributed by atoms with Gasteiger partial charge < -0.3 is 14.0 Å². The maximum atomic E-state index is 14.0. The normalized spacial score (nSPS) is 17.8. The molecule has 0 radical (unpaired) electrons. The van der Waals surface area contributed by atoms with Crippen LogP contribution in [-0.4, -0.2) is 43.9 Å². The van der Waals surface area contributed by atoms with Crippen molar-refractivity contribution in [2.45, 2.75) is 49.5 Å². The Kier molecular flexibility index (Phi) is 7.15. The monoisotopic (exact) mass is 535 g/mol. The molecule has 0 spiro atoms. The lowest BCUT2D eigenvalue weighted by Crippen LogP contribution is -2.50. The van der Waals surface area contributed by atoms with E-state index in [9.17, 15) is 13.7 Å². The second kappa shape index (κ2) is 10.5. The number of rotatable bonds is 9. The van der Waals surface area contributed by atoms with Crippen LogP contribution in [-0.2, 0) is 37.2 Å². The fourth-order valence-corrected chi connectivity index (χ4v) is 7.35. The summed E-state index contributed by atoms with van der Waals surface area (Å²) in [6, 6.07) is 11.3. The molecular formula is C26H29N7O2S2. The smallest absolute Gasteiger partial charge is 0.262 e. The minimum absolute atomic E-state index is 0.0624. The van der Waals surface area contributed by atoms with Gasteiger partial charge in [0.25, 0.3) is 10.0 Å². The Balaban J connectivity index is 1.56. The molecule has 1 aromatic carbocycles. The van der Waals surface area contributed by atoms with E-state index in [-0.39, 0.29) is 23.7 Å². The van der Waals surface area contributed by atoms with Crippen molar-refractivity contribution in [2.24, 2.45) is 14.1 Å². The van der Waals surface area contributed by atoms with Crippen LogP contribution >= 0.6 is 11.3 Å². The summed E-state index contributed by atoms with van der Waals surface area (Å²) in [4.78, 5) is 10.8. The third-order valence-corrected chi connectivity index (χ3v) is 9.45. The average Bonchev–Trinajstić information content (AvgIpc) is 3.70. The number of benzene rings is 1. The van der Waals surface area contributed by atoms with E-state index in [1.807, 2.05) is 58.9 Å². The van der Waals surface area contributed by atoms with Crippen LogP contribution in [0.1, 0.15) is 36.1 Å². The number of thiophene rings is 1. The average molecular weight is 536 g/mol. The molecule has 3 heterocycles. The molecule has 3 aromatic heterocycles. The molecule has 5 rings (SSSR count). The fraction of sp³-hybridized carbons (Fsp3) is 0.346. The molecule has 4 aromatic rings. The van der Waals surface area contributed by atoms with Crippen LogP contribution in [0.4, 0.5) is 5.69 Å². The van der Waals surface area contributed by atoms with Crippen molar-refractivity contribution in [3.05, 3.63) is 83.0 Å². The summed E-state index contributed by atoms with van der Waals surface area (Å²) >= 11 is 1.56. The molecule has 1 fully saturated rings. The Labute approximate surface area is 221 Å². The molecule has 1 aliphatic carbocycles. The van der Waals surface area contributed by atoms with E-state index in [1.54, 1.807) is 39.8 Å². The van der Waals surface area contributed by atoms with Gasteiger partial charge in [0, 0.05) is 50.8 Å². The van der Waals surface area contributed by atoms with Gasteiger partial charge in [0.15, 0.2) is 5.03 Å². The second-order valence-electron chi connectivity index (χ2n) is 9.41. The first-order valence-electron chi connectivity index (χ1n) is 12.1. The van der Waals surface area contributed by atoms with Gasteiger partial charge in [0.05, 0.1) is 36.5 Å². The number of nitriles is 1. The SMILES string of the molecule is Cn1cnc(S(=O)(=O)N(Cc2ccsc2)[C@@H]2CCC[C@@H]2N(Cc2cncn2C)c2ccc(C#N)cc2)c1. The van der Waals surface area contributed by atoms with E-state index in [1.165, 1.54) is 6.33 Å². The third-order valence-electron chi connectivity index (χ3n) is 6.96. The van der Waals surface area contributed by atoms with E-state index < -0.39 is 10.0 Å². The zero-order chi connectivity index (χ0) is 26.0. The molecule has 1 aliphatic rings. The molecule has 0 N–H and O–H groups in total. The Morgan fingerprint density at radius 3 is 2.51 bits per heavy atom. The van der Waals surface area contributed by atoms with Crippen molar-refractivity contribution in [2.75, 3.05) is 4.90 Å². The third kappa shape index (κ3) is 5.18. The quantitative estimate of drug-likeness (QED) is 0.322. The first kappa shape index (κ1) is 25.2. The first-order chi connectivity index (χ1) is 17.9. The predicted octanol–water partition coefficient (Wildman–Crippen LogP) is 3.91. The molecule has 9 nitrogen and oxygen atoms in total. The molecule has 0 unspecified atom stereocenters. The number of imidazole rings is 2. The van der Waals surface area contributed by atoms with Gasteiger partial charge in [-0.05, 0) is 65.9 Å². The molecular weight excluding hydrogens is 506 g/mol. The van der Waals surface area contributed by atoms with Crippen molar-refractivity contribution < 1.29 is 8.42 Å². The lowest BCUT2D eigenvalue weighted by Gasteiger charge is -2.39. The van der Waals surface area contributed by atoms with Gasteiger partial charge in [-0.3, -0.25) is 0 Å². The molecule has 0 amide bonds. The van der Waals surface area contributed by atoms with Crippen molar-refractivity contribution in [1.29, 1.82) is 5.26 Å². The van der Waals surface area contributed by atoms with Crippen molar-refractivity contribution >= 4 is 27.0 Å². The number of hydrogen-bond acceptors (Lipinski definition) is 7. The largest absolute Gasteiger partial charge is 0.361 e. The standard InChI is InChI=1S/C26H29N7O2S2/c1-30-16-26(29-19-30)37(34,35)33(14-21-10-11-36-17-21)25-5-3-4-24(25)32(15-23-13-28-18-31(23)2)22-8-6-20(12-27)7-9-22/h6-11,13,16-19,24-25H,3-5,14-15H2,1-2H3/t24-,25+/m0/s1. The Hall–Kier alpha value is -3.46. The van der Waals surface area contributed by atoms with E-state index >= 15 is 0 Å². The number of aromatic nitrogens is 4. The summed E-state index contributed by atoms with van der Waals surface area (Å²) in [6.07, 6.45) is 9.20. The minimum atomic E-state index is -3.85. The minimum Gasteiger partial charge on any atom is -0.361 e. The first-order valence-corrected chi connectivity index (χ1v) is 14.5. The molecule has 0 bridgehead atoms. The van der Waals surface area contributed by atoms with Crippen LogP contribution in [0.5, 0.6) is 0 Å². The summed E-state index contributed by atoms with van der Waals surface area (Å²) in [7, 11) is -0.120. The Bertz CT molecular complexity index is 1480. The summed E-state index contributed by atoms with van der Waals surface area (Å²) < 4.78 is 33.3. The van der Waals surface area contributed by atoms with E-state index in [0.717, 1.165) is 36.2 Å². The van der Waals surface area contributed by atoms with Crippen molar-refractivity contribution in [3.63, 3.8) is 0 Å². The number of aryl methyl sites for hydroxylation is 2. The summed E-state index contributed by atoms with van der Waals surface area (Å²) in [5, 5.41) is 13.3. The van der Waals surface area contributed by atoms with E-state index in [2.05, 4.69) is 20.9 Å². The van der Waals surface area contributed by atoms with Crippen LogP contribution in [0.2, 0.25) is 0 Å². The van der Waals surface area contributed by atoms with Crippen LogP contribution in [0.15, 0.2) is 71.2 Å². The summed E-state index contributed by atoms with van der Waals surface area (Å²) in [5.41, 5.74) is 3.52. The zero-order valence-electron chi connectivity index (χ0n) is 20.8. The second-order valence-corrected chi connectivity index (χ2v) is 12.0. The predicted molar refractivity (Wildman–Crippen MR) is 142 cm³/mol. The van der Waals surface area contributed by atoms with Crippen molar-refractivity contribution in [1.82, 2.24) is 23.4 Å². The highest BCUT2D eigenvalue weighted by atomic mass is 32.2. The molecule has 1 saturated carbocycles. The van der Waals surface area contributed by atoms with Gasteiger partial charge in [-0.1, -0.05) is 0 Å². The lowest BCUT2D eigenvalue weighted by atomic mass is 10.1. The van der Waals surface area contributed by atoms with Gasteiger partial charge in [0.1, 0.15) is 0 Å². The molecule has 192 valence electrons. The Morgan fingerprint density at radius 2 is 1.89 bits per heavy atom. The van der Waals surface area contributed by atoms with Crippen LogP contribution in [0.3, 0.4) is 0 Å². The molecule has 0 saturated heterocycles. The number of anilines is 1. The lowest BCUT2D eigenvalue weighted by molar-refractivity contribution is 0.286. The van der Waals surface area contributed by atoms with Gasteiger partial charge in [-0.2, -0.15) is 20.9 Å². The number of hydrogen-bond donors (Lipinski definition) is 0. The maximum Gasteiger partial charge on any atom is 0.262 e. The van der Waals surface area contributed by atoms with Crippen molar-refractivity contribution in [3.8, 4) is 6.07 Å². The van der Waals surface area contributed by atoms with Crippen LogP contribution in [0, 0.1) is 11.3 Å².